The average Bonchev–Trinajstić information content (AvgIpc) is 2.87. The number of rotatable bonds is 7. The van der Waals surface area contributed by atoms with Crippen molar-refractivity contribution in [3.63, 3.8) is 0 Å². The normalized spacial score (nSPS) is 15.2. The second-order valence-electron chi connectivity index (χ2n) is 6.93. The van der Waals surface area contributed by atoms with Crippen molar-refractivity contribution >= 4 is 15.9 Å². The van der Waals surface area contributed by atoms with Crippen molar-refractivity contribution in [2.45, 2.75) is 64.3 Å². The van der Waals surface area contributed by atoms with Crippen LogP contribution < -0.4 is 0 Å². The molecule has 1 aromatic rings. The SMILES string of the molecule is CCCN(C(=O)Cn1nc(C)c(S(=O)(=O)N(C)C)c1C)C1=CCCCC1. The van der Waals surface area contributed by atoms with Crippen molar-refractivity contribution < 1.29 is 13.2 Å². The minimum absolute atomic E-state index is 0.0422. The van der Waals surface area contributed by atoms with Gasteiger partial charge in [0.05, 0.1) is 11.4 Å². The van der Waals surface area contributed by atoms with Crippen LogP contribution in [0.1, 0.15) is 50.4 Å². The van der Waals surface area contributed by atoms with E-state index in [1.54, 1.807) is 13.8 Å². The Morgan fingerprint density at radius 2 is 1.96 bits per heavy atom. The van der Waals surface area contributed by atoms with Crippen LogP contribution in [0.2, 0.25) is 0 Å². The molecule has 1 aliphatic carbocycles. The summed E-state index contributed by atoms with van der Waals surface area (Å²) in [5, 5.41) is 4.33. The van der Waals surface area contributed by atoms with Gasteiger partial charge in [0.2, 0.25) is 15.9 Å². The topological polar surface area (TPSA) is 75.5 Å². The first kappa shape index (κ1) is 20.6. The van der Waals surface area contributed by atoms with E-state index in [0.717, 1.165) is 31.4 Å². The van der Waals surface area contributed by atoms with Gasteiger partial charge in [-0.05, 0) is 46.0 Å². The molecule has 0 aromatic carbocycles. The van der Waals surface area contributed by atoms with Gasteiger partial charge >= 0.3 is 0 Å². The molecule has 0 N–H and O–H groups in total. The van der Waals surface area contributed by atoms with E-state index in [-0.39, 0.29) is 17.3 Å². The zero-order valence-electron chi connectivity index (χ0n) is 16.4. The molecular formula is C18H30N4O3S. The molecule has 0 saturated carbocycles. The molecule has 0 bridgehead atoms. The molecule has 0 fully saturated rings. The fraction of sp³-hybridized carbons (Fsp3) is 0.667. The Hall–Kier alpha value is -1.67. The summed E-state index contributed by atoms with van der Waals surface area (Å²) < 4.78 is 27.7. The van der Waals surface area contributed by atoms with E-state index in [1.807, 2.05) is 4.90 Å². The Morgan fingerprint density at radius 3 is 2.50 bits per heavy atom. The third-order valence-corrected chi connectivity index (χ3v) is 6.77. The molecule has 26 heavy (non-hydrogen) atoms. The van der Waals surface area contributed by atoms with E-state index in [1.165, 1.54) is 29.5 Å². The van der Waals surface area contributed by atoms with Crippen LogP contribution in [0, 0.1) is 13.8 Å². The molecule has 1 aromatic heterocycles. The molecule has 0 spiro atoms. The summed E-state index contributed by atoms with van der Waals surface area (Å²) in [4.78, 5) is 15.0. The van der Waals surface area contributed by atoms with Gasteiger partial charge in [0.25, 0.3) is 0 Å². The summed E-state index contributed by atoms with van der Waals surface area (Å²) in [5.74, 6) is -0.0422. The molecule has 0 radical (unpaired) electrons. The highest BCUT2D eigenvalue weighted by Gasteiger charge is 2.28. The number of hydrogen-bond acceptors (Lipinski definition) is 4. The summed E-state index contributed by atoms with van der Waals surface area (Å²) in [6, 6.07) is 0. The van der Waals surface area contributed by atoms with Crippen LogP contribution >= 0.6 is 0 Å². The lowest BCUT2D eigenvalue weighted by molar-refractivity contribution is -0.130. The third kappa shape index (κ3) is 4.17. The van der Waals surface area contributed by atoms with Crippen LogP contribution in [0.15, 0.2) is 16.7 Å². The summed E-state index contributed by atoms with van der Waals surface area (Å²) in [7, 11) is -0.600. The maximum Gasteiger partial charge on any atom is 0.248 e. The third-order valence-electron chi connectivity index (χ3n) is 4.70. The first-order valence-electron chi connectivity index (χ1n) is 9.16. The van der Waals surface area contributed by atoms with Gasteiger partial charge in [-0.2, -0.15) is 5.10 Å². The molecule has 8 heteroatoms. The Bertz CT molecular complexity index is 794. The lowest BCUT2D eigenvalue weighted by Gasteiger charge is -2.27. The number of hydrogen-bond donors (Lipinski definition) is 0. The molecule has 0 aliphatic heterocycles. The predicted octanol–water partition coefficient (Wildman–Crippen LogP) is 2.45. The van der Waals surface area contributed by atoms with E-state index in [4.69, 9.17) is 0 Å². The van der Waals surface area contributed by atoms with Gasteiger partial charge in [0, 0.05) is 26.3 Å². The fourth-order valence-corrected chi connectivity index (χ4v) is 4.58. The minimum Gasteiger partial charge on any atom is -0.315 e. The Labute approximate surface area is 156 Å². The van der Waals surface area contributed by atoms with E-state index >= 15 is 0 Å². The van der Waals surface area contributed by atoms with Gasteiger partial charge in [-0.25, -0.2) is 12.7 Å². The Balaban J connectivity index is 2.30. The van der Waals surface area contributed by atoms with Gasteiger partial charge in [0.15, 0.2) is 0 Å². The van der Waals surface area contributed by atoms with E-state index in [9.17, 15) is 13.2 Å². The second-order valence-corrected chi connectivity index (χ2v) is 9.02. The number of nitrogens with zero attached hydrogens (tertiary/aromatic N) is 4. The van der Waals surface area contributed by atoms with Crippen molar-refractivity contribution in [1.29, 1.82) is 0 Å². The van der Waals surface area contributed by atoms with E-state index in [0.29, 0.717) is 17.9 Å². The second kappa shape index (κ2) is 8.35. The van der Waals surface area contributed by atoms with Crippen LogP contribution in [-0.2, 0) is 21.4 Å². The monoisotopic (exact) mass is 382 g/mol. The number of carbonyl (C=O) groups is 1. The number of aryl methyl sites for hydroxylation is 1. The first-order chi connectivity index (χ1) is 12.2. The lowest BCUT2D eigenvalue weighted by atomic mass is 10.0. The molecule has 7 nitrogen and oxygen atoms in total. The maximum atomic E-state index is 12.9. The Morgan fingerprint density at radius 1 is 1.27 bits per heavy atom. The zero-order valence-corrected chi connectivity index (χ0v) is 17.3. The highest BCUT2D eigenvalue weighted by atomic mass is 32.2. The van der Waals surface area contributed by atoms with E-state index < -0.39 is 10.0 Å². The molecule has 146 valence electrons. The molecule has 1 heterocycles. The predicted molar refractivity (Wildman–Crippen MR) is 101 cm³/mol. The first-order valence-corrected chi connectivity index (χ1v) is 10.6. The zero-order chi connectivity index (χ0) is 19.5. The molecular weight excluding hydrogens is 352 g/mol. The molecule has 1 amide bonds. The lowest BCUT2D eigenvalue weighted by Crippen LogP contribution is -2.35. The molecule has 2 rings (SSSR count). The summed E-state index contributed by atoms with van der Waals surface area (Å²) in [5.41, 5.74) is 2.01. The maximum absolute atomic E-state index is 12.9. The van der Waals surface area contributed by atoms with Crippen molar-refractivity contribution in [2.75, 3.05) is 20.6 Å². The number of amides is 1. The van der Waals surface area contributed by atoms with Crippen molar-refractivity contribution in [1.82, 2.24) is 19.0 Å². The van der Waals surface area contributed by atoms with Crippen molar-refractivity contribution in [3.8, 4) is 0 Å². The van der Waals surface area contributed by atoms with Crippen LogP contribution in [0.4, 0.5) is 0 Å². The average molecular weight is 383 g/mol. The van der Waals surface area contributed by atoms with Crippen molar-refractivity contribution in [2.24, 2.45) is 0 Å². The van der Waals surface area contributed by atoms with Gasteiger partial charge < -0.3 is 4.90 Å². The van der Waals surface area contributed by atoms with Gasteiger partial charge in [-0.1, -0.05) is 13.0 Å². The summed E-state index contributed by atoms with van der Waals surface area (Å²) in [6.45, 7) is 6.14. The van der Waals surface area contributed by atoms with Gasteiger partial charge in [-0.15, -0.1) is 0 Å². The molecule has 0 unspecified atom stereocenters. The minimum atomic E-state index is -3.59. The smallest absolute Gasteiger partial charge is 0.248 e. The van der Waals surface area contributed by atoms with Crippen LogP contribution in [0.3, 0.4) is 0 Å². The summed E-state index contributed by atoms with van der Waals surface area (Å²) >= 11 is 0. The quantitative estimate of drug-likeness (QED) is 0.726. The number of sulfonamides is 1. The molecule has 0 saturated heterocycles. The highest BCUT2D eigenvalue weighted by Crippen LogP contribution is 2.24. The van der Waals surface area contributed by atoms with Gasteiger partial charge in [-0.3, -0.25) is 9.48 Å². The molecule has 1 aliphatic rings. The number of allylic oxidation sites excluding steroid dienone is 2. The highest BCUT2D eigenvalue weighted by molar-refractivity contribution is 7.89. The largest absolute Gasteiger partial charge is 0.315 e. The standard InChI is InChI=1S/C18H30N4O3S/c1-6-12-21(16-10-8-7-9-11-16)17(23)13-22-15(3)18(14(2)19-22)26(24,25)20(4)5/h10H,6-9,11-13H2,1-5H3. The fourth-order valence-electron chi connectivity index (χ4n) is 3.32. The molecule has 0 atom stereocenters. The number of carbonyl (C=O) groups excluding carboxylic acids is 1. The van der Waals surface area contributed by atoms with Crippen LogP contribution in [-0.4, -0.2) is 54.0 Å². The number of aromatic nitrogens is 2. The van der Waals surface area contributed by atoms with E-state index in [2.05, 4.69) is 18.1 Å². The Kier molecular flexibility index (Phi) is 6.63. The van der Waals surface area contributed by atoms with Crippen LogP contribution in [0.25, 0.3) is 0 Å². The van der Waals surface area contributed by atoms with Crippen LogP contribution in [0.5, 0.6) is 0 Å². The van der Waals surface area contributed by atoms with Gasteiger partial charge in [0.1, 0.15) is 11.4 Å². The summed E-state index contributed by atoms with van der Waals surface area (Å²) in [6.07, 6.45) is 7.23. The van der Waals surface area contributed by atoms with Crippen molar-refractivity contribution in [3.05, 3.63) is 23.2 Å².